The van der Waals surface area contributed by atoms with Crippen molar-refractivity contribution < 1.29 is 4.79 Å². The molecule has 0 unspecified atom stereocenters. The van der Waals surface area contributed by atoms with Crippen molar-refractivity contribution in [2.45, 2.75) is 19.2 Å². The Kier molecular flexibility index (Phi) is 6.67. The first-order chi connectivity index (χ1) is 14.6. The van der Waals surface area contributed by atoms with Crippen LogP contribution in [0, 0.1) is 6.92 Å². The van der Waals surface area contributed by atoms with Crippen LogP contribution in [-0.2, 0) is 17.1 Å². The first kappa shape index (κ1) is 20.8. The minimum atomic E-state index is 0.0209. The number of thioether (sulfide) groups is 1. The van der Waals surface area contributed by atoms with Crippen molar-refractivity contribution in [2.75, 3.05) is 10.7 Å². The molecule has 0 saturated carbocycles. The van der Waals surface area contributed by atoms with E-state index in [2.05, 4.69) is 17.1 Å². The molecule has 2 aromatic carbocycles. The van der Waals surface area contributed by atoms with Crippen molar-refractivity contribution in [1.29, 1.82) is 0 Å². The second-order valence-electron chi connectivity index (χ2n) is 6.86. The standard InChI is InChI=1S/C23H20ClN3OS2/c1-16-9-10-19(24)22-21(16)26-23(30-22)27(13-18-8-5-11-25-12-18)20(28)15-29-14-17-6-3-2-4-7-17/h2-12H,13-15H2,1H3. The van der Waals surface area contributed by atoms with Crippen LogP contribution in [0.25, 0.3) is 10.2 Å². The molecule has 0 fully saturated rings. The van der Waals surface area contributed by atoms with Gasteiger partial charge in [-0.3, -0.25) is 14.7 Å². The second kappa shape index (κ2) is 9.60. The minimum Gasteiger partial charge on any atom is -0.283 e. The summed E-state index contributed by atoms with van der Waals surface area (Å²) in [5, 5.41) is 1.32. The Morgan fingerprint density at radius 3 is 2.63 bits per heavy atom. The summed E-state index contributed by atoms with van der Waals surface area (Å²) in [5.74, 6) is 1.18. The average Bonchev–Trinajstić information content (AvgIpc) is 3.23. The number of carbonyl (C=O) groups is 1. The molecule has 4 rings (SSSR count). The van der Waals surface area contributed by atoms with Crippen LogP contribution in [0.2, 0.25) is 5.02 Å². The normalized spacial score (nSPS) is 11.0. The van der Waals surface area contributed by atoms with Gasteiger partial charge in [-0.15, -0.1) is 11.8 Å². The first-order valence-electron chi connectivity index (χ1n) is 9.48. The van der Waals surface area contributed by atoms with Crippen LogP contribution in [-0.4, -0.2) is 21.6 Å². The third-order valence-electron chi connectivity index (χ3n) is 4.62. The van der Waals surface area contributed by atoms with Crippen LogP contribution in [0.1, 0.15) is 16.7 Å². The highest BCUT2D eigenvalue weighted by Gasteiger charge is 2.21. The molecule has 0 aliphatic heterocycles. The molecule has 4 aromatic rings. The Bertz CT molecular complexity index is 1110. The van der Waals surface area contributed by atoms with Crippen molar-refractivity contribution in [3.05, 3.63) is 88.7 Å². The van der Waals surface area contributed by atoms with E-state index in [0.29, 0.717) is 22.5 Å². The number of pyridine rings is 1. The zero-order valence-electron chi connectivity index (χ0n) is 16.4. The van der Waals surface area contributed by atoms with Gasteiger partial charge in [-0.1, -0.05) is 65.4 Å². The highest BCUT2D eigenvalue weighted by Crippen LogP contribution is 2.36. The number of aromatic nitrogens is 2. The number of aryl methyl sites for hydroxylation is 1. The highest BCUT2D eigenvalue weighted by molar-refractivity contribution is 7.99. The maximum atomic E-state index is 13.2. The number of amides is 1. The van der Waals surface area contributed by atoms with E-state index >= 15 is 0 Å². The van der Waals surface area contributed by atoms with Gasteiger partial charge in [0.15, 0.2) is 5.13 Å². The van der Waals surface area contributed by atoms with Crippen molar-refractivity contribution in [3.63, 3.8) is 0 Å². The molecule has 0 aliphatic rings. The fraction of sp³-hybridized carbons (Fsp3) is 0.174. The van der Waals surface area contributed by atoms with E-state index in [1.807, 2.05) is 49.4 Å². The van der Waals surface area contributed by atoms with Gasteiger partial charge in [-0.05, 0) is 35.7 Å². The minimum absolute atomic E-state index is 0.0209. The first-order valence-corrected chi connectivity index (χ1v) is 11.8. The molecular formula is C23H20ClN3OS2. The summed E-state index contributed by atoms with van der Waals surface area (Å²) in [6.07, 6.45) is 3.51. The van der Waals surface area contributed by atoms with Crippen molar-refractivity contribution in [2.24, 2.45) is 0 Å². The number of carbonyl (C=O) groups excluding carboxylic acids is 1. The summed E-state index contributed by atoms with van der Waals surface area (Å²) in [6.45, 7) is 2.43. The van der Waals surface area contributed by atoms with Gasteiger partial charge in [-0.2, -0.15) is 0 Å². The van der Waals surface area contributed by atoms with Gasteiger partial charge >= 0.3 is 0 Å². The van der Waals surface area contributed by atoms with Gasteiger partial charge < -0.3 is 0 Å². The zero-order chi connectivity index (χ0) is 20.9. The van der Waals surface area contributed by atoms with Crippen molar-refractivity contribution in [1.82, 2.24) is 9.97 Å². The van der Waals surface area contributed by atoms with Gasteiger partial charge in [0, 0.05) is 18.1 Å². The summed E-state index contributed by atoms with van der Waals surface area (Å²) < 4.78 is 0.910. The molecule has 2 heterocycles. The summed E-state index contributed by atoms with van der Waals surface area (Å²) in [5.41, 5.74) is 4.06. The average molecular weight is 454 g/mol. The highest BCUT2D eigenvalue weighted by atomic mass is 35.5. The Morgan fingerprint density at radius 1 is 1.10 bits per heavy atom. The predicted molar refractivity (Wildman–Crippen MR) is 127 cm³/mol. The van der Waals surface area contributed by atoms with Gasteiger partial charge in [0.05, 0.1) is 27.5 Å². The van der Waals surface area contributed by atoms with Gasteiger partial charge in [0.2, 0.25) is 5.91 Å². The maximum Gasteiger partial charge on any atom is 0.239 e. The molecule has 4 nitrogen and oxygen atoms in total. The fourth-order valence-corrected chi connectivity index (χ4v) is 5.25. The summed E-state index contributed by atoms with van der Waals surface area (Å²) >= 11 is 9.45. The quantitative estimate of drug-likeness (QED) is 0.338. The maximum absolute atomic E-state index is 13.2. The van der Waals surface area contributed by atoms with Crippen LogP contribution in [0.5, 0.6) is 0 Å². The number of rotatable bonds is 7. The van der Waals surface area contributed by atoms with Crippen LogP contribution < -0.4 is 4.90 Å². The number of halogens is 1. The SMILES string of the molecule is Cc1ccc(Cl)c2sc(N(Cc3cccnc3)C(=O)CSCc3ccccc3)nc12. The Morgan fingerprint density at radius 2 is 1.90 bits per heavy atom. The van der Waals surface area contributed by atoms with Crippen molar-refractivity contribution in [3.8, 4) is 0 Å². The number of hydrogen-bond donors (Lipinski definition) is 0. The van der Waals surface area contributed by atoms with E-state index in [0.717, 1.165) is 27.1 Å². The Balaban J connectivity index is 1.58. The molecule has 2 aromatic heterocycles. The zero-order valence-corrected chi connectivity index (χ0v) is 18.8. The molecule has 0 atom stereocenters. The van der Waals surface area contributed by atoms with Crippen LogP contribution >= 0.6 is 34.7 Å². The molecule has 7 heteroatoms. The lowest BCUT2D eigenvalue weighted by atomic mass is 10.2. The lowest BCUT2D eigenvalue weighted by Gasteiger charge is -2.19. The molecule has 0 bridgehead atoms. The number of benzene rings is 2. The third kappa shape index (κ3) is 4.83. The topological polar surface area (TPSA) is 46.1 Å². The van der Waals surface area contributed by atoms with Crippen LogP contribution in [0.15, 0.2) is 67.0 Å². The molecule has 1 amide bonds. The number of hydrogen-bond acceptors (Lipinski definition) is 5. The van der Waals surface area contributed by atoms with Crippen molar-refractivity contribution >= 4 is 56.0 Å². The number of thiazole rings is 1. The van der Waals surface area contributed by atoms with E-state index in [1.54, 1.807) is 29.1 Å². The Hall–Kier alpha value is -2.41. The molecule has 0 aliphatic carbocycles. The number of anilines is 1. The lowest BCUT2D eigenvalue weighted by Crippen LogP contribution is -2.32. The molecular weight excluding hydrogens is 434 g/mol. The molecule has 30 heavy (non-hydrogen) atoms. The predicted octanol–water partition coefficient (Wildman–Crippen LogP) is 6.12. The van der Waals surface area contributed by atoms with E-state index in [-0.39, 0.29) is 5.91 Å². The van der Waals surface area contributed by atoms with Gasteiger partial charge in [-0.25, -0.2) is 4.98 Å². The molecule has 0 saturated heterocycles. The summed E-state index contributed by atoms with van der Waals surface area (Å²) in [7, 11) is 0. The molecule has 0 N–H and O–H groups in total. The monoisotopic (exact) mass is 453 g/mol. The fourth-order valence-electron chi connectivity index (χ4n) is 3.05. The number of fused-ring (bicyclic) bond motifs is 1. The summed E-state index contributed by atoms with van der Waals surface area (Å²) in [6, 6.07) is 17.8. The molecule has 152 valence electrons. The lowest BCUT2D eigenvalue weighted by molar-refractivity contribution is -0.116. The van der Waals surface area contributed by atoms with E-state index in [1.165, 1.54) is 16.9 Å². The van der Waals surface area contributed by atoms with Crippen LogP contribution in [0.4, 0.5) is 5.13 Å². The number of nitrogens with zero attached hydrogens (tertiary/aromatic N) is 3. The molecule has 0 radical (unpaired) electrons. The largest absolute Gasteiger partial charge is 0.283 e. The Labute approximate surface area is 188 Å². The smallest absolute Gasteiger partial charge is 0.239 e. The third-order valence-corrected chi connectivity index (χ3v) is 7.15. The van der Waals surface area contributed by atoms with Gasteiger partial charge in [0.1, 0.15) is 0 Å². The van der Waals surface area contributed by atoms with Gasteiger partial charge in [0.25, 0.3) is 0 Å². The summed E-state index contributed by atoms with van der Waals surface area (Å²) in [4.78, 5) is 23.9. The van der Waals surface area contributed by atoms with Crippen LogP contribution in [0.3, 0.4) is 0 Å². The second-order valence-corrected chi connectivity index (χ2v) is 9.23. The molecule has 0 spiro atoms. The van der Waals surface area contributed by atoms with E-state index < -0.39 is 0 Å². The van der Waals surface area contributed by atoms with E-state index in [9.17, 15) is 4.79 Å². The van der Waals surface area contributed by atoms with E-state index in [4.69, 9.17) is 16.6 Å².